The minimum absolute atomic E-state index is 0.0803. The summed E-state index contributed by atoms with van der Waals surface area (Å²) in [4.78, 5) is 39.9. The molecule has 2 aromatic rings. The van der Waals surface area contributed by atoms with Gasteiger partial charge in [0, 0.05) is 29.5 Å². The van der Waals surface area contributed by atoms with Gasteiger partial charge >= 0.3 is 6.03 Å². The molecule has 37 heavy (non-hydrogen) atoms. The van der Waals surface area contributed by atoms with Gasteiger partial charge in [-0.2, -0.15) is 0 Å². The molecule has 0 radical (unpaired) electrons. The molecule has 1 aliphatic rings. The average Bonchev–Trinajstić information content (AvgIpc) is 3.16. The fourth-order valence-electron chi connectivity index (χ4n) is 4.06. The van der Waals surface area contributed by atoms with E-state index in [1.54, 1.807) is 0 Å². The van der Waals surface area contributed by atoms with Gasteiger partial charge in [0.25, 0.3) is 5.91 Å². The van der Waals surface area contributed by atoms with Crippen molar-refractivity contribution in [1.82, 2.24) is 20.9 Å². The number of amides is 4. The summed E-state index contributed by atoms with van der Waals surface area (Å²) in [6, 6.07) is 8.09. The van der Waals surface area contributed by atoms with Gasteiger partial charge in [-0.3, -0.25) is 9.59 Å². The number of benzene rings is 2. The predicted molar refractivity (Wildman–Crippen MR) is 137 cm³/mol. The molecule has 1 fully saturated rings. The van der Waals surface area contributed by atoms with Crippen LogP contribution in [0.5, 0.6) is 0 Å². The van der Waals surface area contributed by atoms with Crippen LogP contribution in [0.4, 0.5) is 13.6 Å². The number of nitrogens with zero attached hydrogens (tertiary/aromatic N) is 1. The highest BCUT2D eigenvalue weighted by Gasteiger charge is 2.49. The summed E-state index contributed by atoms with van der Waals surface area (Å²) in [6.07, 6.45) is -1.62. The zero-order valence-corrected chi connectivity index (χ0v) is 22.0. The lowest BCUT2D eigenvalue weighted by Crippen LogP contribution is -2.58. The van der Waals surface area contributed by atoms with E-state index in [2.05, 4.69) is 16.0 Å². The zero-order valence-electron chi connectivity index (χ0n) is 21.2. The fraction of sp³-hybridized carbons (Fsp3) is 0.423. The van der Waals surface area contributed by atoms with E-state index in [0.717, 1.165) is 17.2 Å². The molecular weight excluding hydrogens is 502 g/mol. The zero-order chi connectivity index (χ0) is 27.3. The Hall–Kier alpha value is -3.18. The second-order valence-corrected chi connectivity index (χ2v) is 11.1. The van der Waals surface area contributed by atoms with Crippen LogP contribution >= 0.6 is 11.8 Å². The van der Waals surface area contributed by atoms with Crippen LogP contribution in [0.2, 0.25) is 0 Å². The van der Waals surface area contributed by atoms with Gasteiger partial charge in [0.05, 0.1) is 11.9 Å². The van der Waals surface area contributed by atoms with Gasteiger partial charge in [-0.1, -0.05) is 30.3 Å². The molecule has 1 saturated heterocycles. The highest BCUT2D eigenvalue weighted by Crippen LogP contribution is 2.39. The van der Waals surface area contributed by atoms with Gasteiger partial charge < -0.3 is 26.0 Å². The molecule has 1 aliphatic heterocycles. The summed E-state index contributed by atoms with van der Waals surface area (Å²) in [5.41, 5.74) is 2.07. The van der Waals surface area contributed by atoms with E-state index in [1.165, 1.54) is 29.7 Å². The SMILES string of the molecule is Cc1ccccc1CNC(=O)[C@H]1N(C(=O)[C@@H](O)[C@H](C)NC(=O)NCc2ccc(F)cc2F)CSC1(C)C. The summed E-state index contributed by atoms with van der Waals surface area (Å²) in [6.45, 7) is 7.21. The summed E-state index contributed by atoms with van der Waals surface area (Å²) < 4.78 is 26.2. The molecule has 4 N–H and O–H groups in total. The molecule has 0 bridgehead atoms. The van der Waals surface area contributed by atoms with Crippen LogP contribution in [0, 0.1) is 18.6 Å². The Morgan fingerprint density at radius 3 is 2.46 bits per heavy atom. The number of rotatable bonds is 8. The quantitative estimate of drug-likeness (QED) is 0.416. The minimum atomic E-state index is -1.62. The first-order chi connectivity index (χ1) is 17.4. The number of carbonyl (C=O) groups is 3. The van der Waals surface area contributed by atoms with E-state index in [4.69, 9.17) is 0 Å². The Kier molecular flexibility index (Phi) is 9.14. The van der Waals surface area contributed by atoms with Gasteiger partial charge in [-0.15, -0.1) is 11.8 Å². The summed E-state index contributed by atoms with van der Waals surface area (Å²) >= 11 is 1.42. The van der Waals surface area contributed by atoms with E-state index >= 15 is 0 Å². The number of urea groups is 1. The Labute approximate surface area is 219 Å². The summed E-state index contributed by atoms with van der Waals surface area (Å²) in [5.74, 6) is -2.35. The molecule has 0 unspecified atom stereocenters. The first kappa shape index (κ1) is 28.4. The van der Waals surface area contributed by atoms with Crippen LogP contribution in [0.25, 0.3) is 0 Å². The number of aliphatic hydroxyl groups excluding tert-OH is 1. The number of hydrogen-bond donors (Lipinski definition) is 4. The molecule has 3 rings (SSSR count). The van der Waals surface area contributed by atoms with Crippen LogP contribution in [0.3, 0.4) is 0 Å². The Balaban J connectivity index is 1.59. The molecule has 2 aromatic carbocycles. The third-order valence-corrected chi connectivity index (χ3v) is 7.71. The lowest BCUT2D eigenvalue weighted by atomic mass is 9.99. The highest BCUT2D eigenvalue weighted by atomic mass is 32.2. The Bertz CT molecular complexity index is 1160. The minimum Gasteiger partial charge on any atom is -0.381 e. The number of carbonyl (C=O) groups excluding carboxylic acids is 3. The van der Waals surface area contributed by atoms with Crippen LogP contribution in [0.15, 0.2) is 42.5 Å². The topological polar surface area (TPSA) is 111 Å². The van der Waals surface area contributed by atoms with Crippen LogP contribution < -0.4 is 16.0 Å². The maximum absolute atomic E-state index is 13.8. The molecule has 0 aromatic heterocycles. The summed E-state index contributed by atoms with van der Waals surface area (Å²) in [7, 11) is 0. The van der Waals surface area contributed by atoms with Crippen molar-refractivity contribution in [2.24, 2.45) is 0 Å². The number of hydrogen-bond acceptors (Lipinski definition) is 5. The van der Waals surface area contributed by atoms with Gasteiger partial charge in [0.15, 0.2) is 6.10 Å². The highest BCUT2D eigenvalue weighted by molar-refractivity contribution is 8.00. The van der Waals surface area contributed by atoms with Gasteiger partial charge in [0.2, 0.25) is 5.91 Å². The lowest BCUT2D eigenvalue weighted by molar-refractivity contribution is -0.147. The Morgan fingerprint density at radius 2 is 1.78 bits per heavy atom. The predicted octanol–water partition coefficient (Wildman–Crippen LogP) is 2.82. The van der Waals surface area contributed by atoms with Crippen molar-refractivity contribution < 1.29 is 28.3 Å². The molecule has 200 valence electrons. The molecule has 0 saturated carbocycles. The standard InChI is InChI=1S/C26H32F2N4O4S/c1-15-7-5-6-8-17(15)12-29-23(34)22-26(3,4)37-14-32(22)24(35)21(33)16(2)31-25(36)30-13-18-9-10-19(27)11-20(18)28/h5-11,16,21-22,33H,12-14H2,1-4H3,(H,29,34)(H2,30,31,36)/t16-,21-,22+/m0/s1. The Morgan fingerprint density at radius 1 is 1.11 bits per heavy atom. The molecule has 1 heterocycles. The number of aryl methyl sites for hydroxylation is 1. The number of aliphatic hydroxyl groups is 1. The van der Waals surface area contributed by atoms with Gasteiger partial charge in [-0.05, 0) is 44.9 Å². The van der Waals surface area contributed by atoms with Crippen molar-refractivity contribution in [3.63, 3.8) is 0 Å². The van der Waals surface area contributed by atoms with Crippen LogP contribution in [-0.2, 0) is 22.7 Å². The molecule has 11 heteroatoms. The van der Waals surface area contributed by atoms with E-state index in [1.807, 2.05) is 45.0 Å². The lowest BCUT2D eigenvalue weighted by Gasteiger charge is -2.32. The summed E-state index contributed by atoms with van der Waals surface area (Å²) in [5, 5.41) is 18.5. The molecule has 3 atom stereocenters. The van der Waals surface area contributed by atoms with Crippen LogP contribution in [-0.4, -0.2) is 56.7 Å². The first-order valence-electron chi connectivity index (χ1n) is 11.8. The molecule has 8 nitrogen and oxygen atoms in total. The van der Waals surface area contributed by atoms with Crippen molar-refractivity contribution in [2.45, 2.75) is 63.7 Å². The third kappa shape index (κ3) is 6.98. The van der Waals surface area contributed by atoms with Crippen molar-refractivity contribution in [2.75, 3.05) is 5.88 Å². The second-order valence-electron chi connectivity index (χ2n) is 9.53. The van der Waals surface area contributed by atoms with Gasteiger partial charge in [-0.25, -0.2) is 13.6 Å². The molecular formula is C26H32F2N4O4S. The van der Waals surface area contributed by atoms with E-state index in [0.29, 0.717) is 12.6 Å². The van der Waals surface area contributed by atoms with Crippen molar-refractivity contribution in [3.8, 4) is 0 Å². The van der Waals surface area contributed by atoms with Crippen LogP contribution in [0.1, 0.15) is 37.5 Å². The molecule has 0 spiro atoms. The van der Waals surface area contributed by atoms with Gasteiger partial charge in [0.1, 0.15) is 17.7 Å². The van der Waals surface area contributed by atoms with Crippen molar-refractivity contribution in [3.05, 3.63) is 70.8 Å². The number of halogens is 2. The molecule has 4 amide bonds. The average molecular weight is 535 g/mol. The van der Waals surface area contributed by atoms with Crippen molar-refractivity contribution in [1.29, 1.82) is 0 Å². The number of nitrogens with one attached hydrogen (secondary N) is 3. The maximum Gasteiger partial charge on any atom is 0.315 e. The largest absolute Gasteiger partial charge is 0.381 e. The van der Waals surface area contributed by atoms with E-state index in [9.17, 15) is 28.3 Å². The monoisotopic (exact) mass is 534 g/mol. The third-order valence-electron chi connectivity index (χ3n) is 6.33. The first-order valence-corrected chi connectivity index (χ1v) is 12.8. The van der Waals surface area contributed by atoms with Crippen molar-refractivity contribution >= 4 is 29.6 Å². The molecule has 0 aliphatic carbocycles. The number of thioether (sulfide) groups is 1. The van der Waals surface area contributed by atoms with E-state index in [-0.39, 0.29) is 23.9 Å². The fourth-order valence-corrected chi connectivity index (χ4v) is 5.20. The smallest absolute Gasteiger partial charge is 0.315 e. The second kappa shape index (κ2) is 11.9. The normalized spacial score (nSPS) is 18.1. The van der Waals surface area contributed by atoms with E-state index < -0.39 is 46.5 Å². The maximum atomic E-state index is 13.8.